The van der Waals surface area contributed by atoms with Gasteiger partial charge in [-0.05, 0) is 26.0 Å². The fourth-order valence-corrected chi connectivity index (χ4v) is 2.83. The Morgan fingerprint density at radius 2 is 1.81 bits per heavy atom. The first-order valence-electron chi connectivity index (χ1n) is 4.86. The molecule has 0 amide bonds. The maximum absolute atomic E-state index is 13.2. The van der Waals surface area contributed by atoms with E-state index in [1.54, 1.807) is 13.8 Å². The van der Waals surface area contributed by atoms with Gasteiger partial charge in [-0.3, -0.25) is 4.21 Å². The predicted molar refractivity (Wildman–Crippen MR) is 61.3 cm³/mol. The molecule has 0 radical (unpaired) electrons. The summed E-state index contributed by atoms with van der Waals surface area (Å²) in [7, 11) is -1.37. The fourth-order valence-electron chi connectivity index (χ4n) is 1.30. The van der Waals surface area contributed by atoms with Gasteiger partial charge in [-0.25, -0.2) is 8.78 Å². The third-order valence-electron chi connectivity index (χ3n) is 1.90. The molecule has 0 aliphatic heterocycles. The molecule has 90 valence electrons. The van der Waals surface area contributed by atoms with Crippen molar-refractivity contribution in [2.75, 3.05) is 5.75 Å². The quantitative estimate of drug-likeness (QED) is 0.883. The molecule has 2 N–H and O–H groups in total. The van der Waals surface area contributed by atoms with Crippen LogP contribution in [0.3, 0.4) is 0 Å². The van der Waals surface area contributed by atoms with E-state index in [0.717, 1.165) is 12.1 Å². The summed E-state index contributed by atoms with van der Waals surface area (Å²) >= 11 is 0. The SMILES string of the molecule is CC(C)(N)CS(=O)Cc1c(F)cccc1F. The second-order valence-corrected chi connectivity index (χ2v) is 5.87. The maximum Gasteiger partial charge on any atom is 0.130 e. The summed E-state index contributed by atoms with van der Waals surface area (Å²) in [5.41, 5.74) is 4.95. The summed E-state index contributed by atoms with van der Waals surface area (Å²) < 4.78 is 38.1. The number of hydrogen-bond acceptors (Lipinski definition) is 2. The average Bonchev–Trinajstić information content (AvgIpc) is 2.08. The van der Waals surface area contributed by atoms with E-state index in [4.69, 9.17) is 5.73 Å². The van der Waals surface area contributed by atoms with Gasteiger partial charge in [0.15, 0.2) is 0 Å². The van der Waals surface area contributed by atoms with Crippen LogP contribution in [0.15, 0.2) is 18.2 Å². The zero-order valence-corrected chi connectivity index (χ0v) is 10.1. The lowest BCUT2D eigenvalue weighted by Gasteiger charge is -2.17. The molecule has 1 atom stereocenters. The van der Waals surface area contributed by atoms with E-state index < -0.39 is 28.0 Å². The Balaban J connectivity index is 2.78. The summed E-state index contributed by atoms with van der Waals surface area (Å²) in [5.74, 6) is -1.26. The van der Waals surface area contributed by atoms with Crippen LogP contribution >= 0.6 is 0 Å². The van der Waals surface area contributed by atoms with Crippen molar-refractivity contribution in [3.05, 3.63) is 35.4 Å². The third kappa shape index (κ3) is 3.98. The zero-order chi connectivity index (χ0) is 12.3. The van der Waals surface area contributed by atoms with Crippen LogP contribution in [0, 0.1) is 11.6 Å². The molecule has 0 aromatic heterocycles. The topological polar surface area (TPSA) is 43.1 Å². The molecule has 0 saturated carbocycles. The highest BCUT2D eigenvalue weighted by atomic mass is 32.2. The Morgan fingerprint density at radius 3 is 2.25 bits per heavy atom. The lowest BCUT2D eigenvalue weighted by atomic mass is 10.1. The van der Waals surface area contributed by atoms with Crippen molar-refractivity contribution < 1.29 is 13.0 Å². The third-order valence-corrected chi connectivity index (χ3v) is 3.58. The van der Waals surface area contributed by atoms with Crippen molar-refractivity contribution in [3.8, 4) is 0 Å². The molecule has 0 spiro atoms. The lowest BCUT2D eigenvalue weighted by Crippen LogP contribution is -2.38. The van der Waals surface area contributed by atoms with Crippen LogP contribution in [-0.4, -0.2) is 15.5 Å². The van der Waals surface area contributed by atoms with Gasteiger partial charge in [0.1, 0.15) is 11.6 Å². The maximum atomic E-state index is 13.2. The molecule has 1 unspecified atom stereocenters. The number of nitrogens with two attached hydrogens (primary N) is 1. The molecule has 0 aliphatic carbocycles. The van der Waals surface area contributed by atoms with Gasteiger partial charge in [0.2, 0.25) is 0 Å². The van der Waals surface area contributed by atoms with Crippen LogP contribution < -0.4 is 5.73 Å². The van der Waals surface area contributed by atoms with Gasteiger partial charge in [-0.1, -0.05) is 6.07 Å². The minimum absolute atomic E-state index is 0.134. The molecule has 0 aliphatic rings. The first kappa shape index (κ1) is 13.3. The van der Waals surface area contributed by atoms with Gasteiger partial charge in [0.25, 0.3) is 0 Å². The van der Waals surface area contributed by atoms with Gasteiger partial charge in [0, 0.05) is 27.7 Å². The largest absolute Gasteiger partial charge is 0.325 e. The Labute approximate surface area is 96.3 Å². The molecular weight excluding hydrogens is 232 g/mol. The van der Waals surface area contributed by atoms with Crippen LogP contribution in [-0.2, 0) is 16.6 Å². The lowest BCUT2D eigenvalue weighted by molar-refractivity contribution is 0.559. The molecule has 1 rings (SSSR count). The van der Waals surface area contributed by atoms with Crippen molar-refractivity contribution in [3.63, 3.8) is 0 Å². The number of halogens is 2. The molecule has 2 nitrogen and oxygen atoms in total. The summed E-state index contributed by atoms with van der Waals surface area (Å²) in [4.78, 5) is 0. The second kappa shape index (κ2) is 5.01. The Bertz CT molecular complexity index is 381. The average molecular weight is 247 g/mol. The monoisotopic (exact) mass is 247 g/mol. The standard InChI is InChI=1S/C11H15F2NOS/c1-11(2,14)7-16(15)6-8-9(12)4-3-5-10(8)13/h3-5H,6-7,14H2,1-2H3. The zero-order valence-electron chi connectivity index (χ0n) is 9.30. The van der Waals surface area contributed by atoms with Crippen molar-refractivity contribution in [1.29, 1.82) is 0 Å². The molecule has 0 heterocycles. The first-order chi connectivity index (χ1) is 7.29. The summed E-state index contributed by atoms with van der Waals surface area (Å²) in [6.07, 6.45) is 0. The van der Waals surface area contributed by atoms with Crippen LogP contribution in [0.4, 0.5) is 8.78 Å². The molecule has 0 bridgehead atoms. The second-order valence-electron chi connectivity index (χ2n) is 4.42. The normalized spacial score (nSPS) is 13.8. The van der Waals surface area contributed by atoms with Crippen molar-refractivity contribution in [1.82, 2.24) is 0 Å². The van der Waals surface area contributed by atoms with Gasteiger partial charge in [-0.2, -0.15) is 0 Å². The van der Waals surface area contributed by atoms with E-state index in [9.17, 15) is 13.0 Å². The smallest absolute Gasteiger partial charge is 0.130 e. The summed E-state index contributed by atoms with van der Waals surface area (Å²) in [6, 6.07) is 3.59. The van der Waals surface area contributed by atoms with Crippen LogP contribution in [0.2, 0.25) is 0 Å². The molecule has 0 saturated heterocycles. The van der Waals surface area contributed by atoms with Crippen molar-refractivity contribution in [2.45, 2.75) is 25.1 Å². The van der Waals surface area contributed by atoms with E-state index in [-0.39, 0.29) is 17.1 Å². The minimum Gasteiger partial charge on any atom is -0.325 e. The van der Waals surface area contributed by atoms with Crippen molar-refractivity contribution in [2.24, 2.45) is 5.73 Å². The Hall–Kier alpha value is -0.810. The molecule has 0 fully saturated rings. The highest BCUT2D eigenvalue weighted by molar-refractivity contribution is 7.84. The predicted octanol–water partition coefficient (Wildman–Crippen LogP) is 1.95. The minimum atomic E-state index is -1.37. The van der Waals surface area contributed by atoms with E-state index in [1.165, 1.54) is 6.07 Å². The van der Waals surface area contributed by atoms with E-state index in [0.29, 0.717) is 0 Å². The Morgan fingerprint density at radius 1 is 1.31 bits per heavy atom. The summed E-state index contributed by atoms with van der Waals surface area (Å²) in [5, 5.41) is 0. The van der Waals surface area contributed by atoms with E-state index in [1.807, 2.05) is 0 Å². The first-order valence-corrected chi connectivity index (χ1v) is 6.35. The van der Waals surface area contributed by atoms with Gasteiger partial charge < -0.3 is 5.73 Å². The molecule has 1 aromatic carbocycles. The highest BCUT2D eigenvalue weighted by Gasteiger charge is 2.18. The summed E-state index contributed by atoms with van der Waals surface area (Å²) in [6.45, 7) is 3.45. The van der Waals surface area contributed by atoms with Gasteiger partial charge in [0.05, 0.1) is 5.75 Å². The fraction of sp³-hybridized carbons (Fsp3) is 0.455. The van der Waals surface area contributed by atoms with Gasteiger partial charge in [-0.15, -0.1) is 0 Å². The molecule has 1 aromatic rings. The van der Waals surface area contributed by atoms with E-state index >= 15 is 0 Å². The highest BCUT2D eigenvalue weighted by Crippen LogP contribution is 2.15. The van der Waals surface area contributed by atoms with Crippen LogP contribution in [0.25, 0.3) is 0 Å². The van der Waals surface area contributed by atoms with E-state index in [2.05, 4.69) is 0 Å². The number of hydrogen-bond donors (Lipinski definition) is 1. The number of benzene rings is 1. The van der Waals surface area contributed by atoms with Crippen LogP contribution in [0.1, 0.15) is 19.4 Å². The van der Waals surface area contributed by atoms with Crippen molar-refractivity contribution >= 4 is 10.8 Å². The molecule has 16 heavy (non-hydrogen) atoms. The molecular formula is C11H15F2NOS. The Kier molecular flexibility index (Phi) is 4.15. The van der Waals surface area contributed by atoms with Crippen LogP contribution in [0.5, 0.6) is 0 Å². The van der Waals surface area contributed by atoms with Gasteiger partial charge >= 0.3 is 0 Å². The number of rotatable bonds is 4. The molecule has 5 heteroatoms.